The van der Waals surface area contributed by atoms with E-state index in [1.165, 1.54) is 23.8 Å². The standard InChI is InChI=1S/C20H26N2O4S/c1-25-14-6-2-3-7-15-26-17-12-10-16(11-13-17)20-22-21-18(27-20)8-4-5-9-19(23)24/h4-5,8-13,19,23-24H,2-3,6-7,14-15H2,1H3/b8-4+,9-5+. The monoisotopic (exact) mass is 390 g/mol. The van der Waals surface area contributed by atoms with Crippen LogP contribution in [0.3, 0.4) is 0 Å². The van der Waals surface area contributed by atoms with Gasteiger partial charge in [0.15, 0.2) is 6.29 Å². The number of ether oxygens (including phenoxy) is 2. The van der Waals surface area contributed by atoms with E-state index in [0.29, 0.717) is 0 Å². The number of aromatic nitrogens is 2. The summed E-state index contributed by atoms with van der Waals surface area (Å²) in [6.07, 6.45) is 9.28. The molecule has 2 rings (SSSR count). The van der Waals surface area contributed by atoms with Gasteiger partial charge in [-0.05, 0) is 55.7 Å². The molecule has 0 aliphatic heterocycles. The number of aliphatic hydroxyl groups excluding tert-OH is 1. The lowest BCUT2D eigenvalue weighted by Crippen LogP contribution is -1.97. The van der Waals surface area contributed by atoms with Crippen molar-refractivity contribution in [1.29, 1.82) is 0 Å². The van der Waals surface area contributed by atoms with Crippen LogP contribution in [0.25, 0.3) is 16.6 Å². The van der Waals surface area contributed by atoms with Crippen molar-refractivity contribution in [3.8, 4) is 16.3 Å². The van der Waals surface area contributed by atoms with E-state index in [0.717, 1.165) is 53.8 Å². The normalized spacial score (nSPS) is 11.9. The highest BCUT2D eigenvalue weighted by Crippen LogP contribution is 2.26. The average Bonchev–Trinajstić information content (AvgIpc) is 3.14. The van der Waals surface area contributed by atoms with Crippen LogP contribution in [0.15, 0.2) is 42.5 Å². The highest BCUT2D eigenvalue weighted by Gasteiger charge is 2.05. The van der Waals surface area contributed by atoms with Gasteiger partial charge >= 0.3 is 0 Å². The number of nitrogens with zero attached hydrogens (tertiary/aromatic N) is 2. The third-order valence-corrected chi connectivity index (χ3v) is 4.62. The molecule has 0 saturated carbocycles. The van der Waals surface area contributed by atoms with Crippen LogP contribution in [0.4, 0.5) is 0 Å². The Bertz CT molecular complexity index is 711. The van der Waals surface area contributed by atoms with Crippen molar-refractivity contribution >= 4 is 17.4 Å². The molecule has 0 spiro atoms. The topological polar surface area (TPSA) is 84.7 Å². The average molecular weight is 391 g/mol. The van der Waals surface area contributed by atoms with Crippen molar-refractivity contribution in [2.45, 2.75) is 32.0 Å². The number of methoxy groups -OCH3 is 1. The van der Waals surface area contributed by atoms with Gasteiger partial charge in [0.05, 0.1) is 6.61 Å². The fourth-order valence-corrected chi connectivity index (χ4v) is 3.07. The van der Waals surface area contributed by atoms with E-state index < -0.39 is 6.29 Å². The van der Waals surface area contributed by atoms with Gasteiger partial charge in [-0.25, -0.2) is 0 Å². The Morgan fingerprint density at radius 3 is 2.44 bits per heavy atom. The van der Waals surface area contributed by atoms with Gasteiger partial charge in [-0.2, -0.15) is 0 Å². The first-order valence-electron chi connectivity index (χ1n) is 8.95. The molecule has 2 aromatic rings. The Balaban J connectivity index is 1.78. The first-order valence-corrected chi connectivity index (χ1v) is 9.77. The summed E-state index contributed by atoms with van der Waals surface area (Å²) in [5.74, 6) is 0.855. The van der Waals surface area contributed by atoms with Crippen LogP contribution in [-0.4, -0.2) is 47.0 Å². The summed E-state index contributed by atoms with van der Waals surface area (Å²) in [5.41, 5.74) is 0.986. The largest absolute Gasteiger partial charge is 0.494 e. The van der Waals surface area contributed by atoms with Gasteiger partial charge in [-0.1, -0.05) is 29.9 Å². The summed E-state index contributed by atoms with van der Waals surface area (Å²) in [6, 6.07) is 7.85. The Hall–Kier alpha value is -2.06. The van der Waals surface area contributed by atoms with Crippen molar-refractivity contribution in [2.24, 2.45) is 0 Å². The molecule has 146 valence electrons. The van der Waals surface area contributed by atoms with Crippen molar-refractivity contribution in [3.63, 3.8) is 0 Å². The zero-order valence-electron chi connectivity index (χ0n) is 15.5. The summed E-state index contributed by atoms with van der Waals surface area (Å²) < 4.78 is 10.8. The second kappa shape index (κ2) is 12.3. The number of rotatable bonds is 12. The molecule has 6 nitrogen and oxygen atoms in total. The molecule has 0 atom stereocenters. The Morgan fingerprint density at radius 1 is 1.00 bits per heavy atom. The van der Waals surface area contributed by atoms with Crippen LogP contribution in [0.1, 0.15) is 30.7 Å². The van der Waals surface area contributed by atoms with E-state index in [2.05, 4.69) is 10.2 Å². The molecule has 27 heavy (non-hydrogen) atoms. The lowest BCUT2D eigenvalue weighted by molar-refractivity contribution is 0.00239. The van der Waals surface area contributed by atoms with Gasteiger partial charge in [0.1, 0.15) is 15.8 Å². The first kappa shape index (κ1) is 21.2. The van der Waals surface area contributed by atoms with Crippen LogP contribution in [0, 0.1) is 0 Å². The quantitative estimate of drug-likeness (QED) is 0.327. The van der Waals surface area contributed by atoms with Crippen LogP contribution < -0.4 is 4.74 Å². The molecule has 1 aromatic carbocycles. The zero-order chi connectivity index (χ0) is 19.3. The molecule has 1 aromatic heterocycles. The lowest BCUT2D eigenvalue weighted by atomic mass is 10.2. The minimum Gasteiger partial charge on any atom is -0.494 e. The molecule has 0 saturated heterocycles. The van der Waals surface area contributed by atoms with Gasteiger partial charge in [-0.15, -0.1) is 10.2 Å². The maximum atomic E-state index is 8.73. The minimum absolute atomic E-state index is 0.718. The molecule has 0 radical (unpaired) electrons. The van der Waals surface area contributed by atoms with E-state index in [-0.39, 0.29) is 0 Å². The minimum atomic E-state index is -1.45. The molecule has 7 heteroatoms. The molecule has 0 aliphatic carbocycles. The van der Waals surface area contributed by atoms with E-state index >= 15 is 0 Å². The second-order valence-electron chi connectivity index (χ2n) is 5.88. The molecule has 1 heterocycles. The summed E-state index contributed by atoms with van der Waals surface area (Å²) in [6.45, 7) is 1.55. The smallest absolute Gasteiger partial charge is 0.171 e. The predicted octanol–water partition coefficient (Wildman–Crippen LogP) is 3.67. The van der Waals surface area contributed by atoms with Gasteiger partial charge in [-0.3, -0.25) is 0 Å². The number of hydrogen-bond donors (Lipinski definition) is 2. The Kier molecular flexibility index (Phi) is 9.72. The number of allylic oxidation sites excluding steroid dienone is 2. The molecule has 0 unspecified atom stereocenters. The molecule has 2 N–H and O–H groups in total. The molecule has 0 bridgehead atoms. The number of hydrogen-bond acceptors (Lipinski definition) is 7. The van der Waals surface area contributed by atoms with Crippen LogP contribution in [-0.2, 0) is 4.74 Å². The Labute approximate surface area is 163 Å². The Morgan fingerprint density at radius 2 is 1.74 bits per heavy atom. The van der Waals surface area contributed by atoms with Crippen LogP contribution in [0.2, 0.25) is 0 Å². The number of aliphatic hydroxyl groups is 2. The van der Waals surface area contributed by atoms with E-state index in [1.807, 2.05) is 24.3 Å². The third-order valence-electron chi connectivity index (χ3n) is 3.69. The van der Waals surface area contributed by atoms with Gasteiger partial charge in [0.25, 0.3) is 0 Å². The maximum absolute atomic E-state index is 8.73. The van der Waals surface area contributed by atoms with E-state index in [1.54, 1.807) is 25.3 Å². The second-order valence-corrected chi connectivity index (χ2v) is 6.89. The van der Waals surface area contributed by atoms with Crippen molar-refractivity contribution in [1.82, 2.24) is 10.2 Å². The summed E-state index contributed by atoms with van der Waals surface area (Å²) >= 11 is 1.46. The summed E-state index contributed by atoms with van der Waals surface area (Å²) in [7, 11) is 1.73. The fraction of sp³-hybridized carbons (Fsp3) is 0.400. The summed E-state index contributed by atoms with van der Waals surface area (Å²) in [5, 5.41) is 27.3. The zero-order valence-corrected chi connectivity index (χ0v) is 16.3. The predicted molar refractivity (Wildman–Crippen MR) is 108 cm³/mol. The highest BCUT2D eigenvalue weighted by atomic mass is 32.1. The van der Waals surface area contributed by atoms with Gasteiger partial charge in [0, 0.05) is 19.3 Å². The maximum Gasteiger partial charge on any atom is 0.171 e. The van der Waals surface area contributed by atoms with Crippen LogP contribution >= 0.6 is 11.3 Å². The van der Waals surface area contributed by atoms with Crippen molar-refractivity contribution in [3.05, 3.63) is 47.5 Å². The van der Waals surface area contributed by atoms with Crippen molar-refractivity contribution < 1.29 is 19.7 Å². The van der Waals surface area contributed by atoms with Gasteiger partial charge in [0.2, 0.25) is 0 Å². The molecular weight excluding hydrogens is 364 g/mol. The lowest BCUT2D eigenvalue weighted by Gasteiger charge is -2.06. The summed E-state index contributed by atoms with van der Waals surface area (Å²) in [4.78, 5) is 0. The fourth-order valence-electron chi connectivity index (χ4n) is 2.31. The van der Waals surface area contributed by atoms with Crippen LogP contribution in [0.5, 0.6) is 5.75 Å². The van der Waals surface area contributed by atoms with Gasteiger partial charge < -0.3 is 19.7 Å². The van der Waals surface area contributed by atoms with Crippen molar-refractivity contribution in [2.75, 3.05) is 20.3 Å². The first-order chi connectivity index (χ1) is 13.2. The third kappa shape index (κ3) is 8.45. The number of unbranched alkanes of at least 4 members (excludes halogenated alkanes) is 3. The number of benzene rings is 1. The highest BCUT2D eigenvalue weighted by molar-refractivity contribution is 7.15. The van der Waals surface area contributed by atoms with E-state index in [4.69, 9.17) is 19.7 Å². The van der Waals surface area contributed by atoms with E-state index in [9.17, 15) is 0 Å². The molecule has 0 aliphatic rings. The molecule has 0 fully saturated rings. The molecule has 0 amide bonds. The molecular formula is C20H26N2O4S. The SMILES string of the molecule is COCCCCCCOc1ccc(-c2nnc(/C=C/C=C/C(O)O)s2)cc1.